The summed E-state index contributed by atoms with van der Waals surface area (Å²) in [5.74, 6) is -0.0773. The normalized spacial score (nSPS) is 31.7. The molecule has 6 aromatic rings. The number of hydrogen-bond donors (Lipinski definition) is 0. The van der Waals surface area contributed by atoms with Crippen LogP contribution in [-0.4, -0.2) is 0 Å². The van der Waals surface area contributed by atoms with Gasteiger partial charge in [0.15, 0.2) is 0 Å². The van der Waals surface area contributed by atoms with E-state index in [4.69, 9.17) is 2.74 Å². The molecule has 0 heterocycles. The third kappa shape index (κ3) is 5.93. The van der Waals surface area contributed by atoms with E-state index in [2.05, 4.69) is 0 Å². The lowest BCUT2D eigenvalue weighted by Gasteiger charge is -2.61. The SMILES string of the molecule is [2H]c1c([2H])c([2H])c2c(c1[2H])-c1c([2H])c([2H])c(N(c3c([2H])c([2H])c(-c4c([2H])c([2H])c5c(c4[2H])C(C)(C)CCC5(C)C)c([2H])c3[2H])c3c([2H])c([2H])c(-c4c([2H])c([2H])c5c(c4[2H])C(C)(C)CCC5(C)C)c([2H])c3[2H])c([2H])c1C21C2CC3CC(C2)CC1C3. The number of anilines is 3. The predicted octanol–water partition coefficient (Wildman–Crippen LogP) is 16.9. The van der Waals surface area contributed by atoms with Gasteiger partial charge in [0.1, 0.15) is 0 Å². The summed E-state index contributed by atoms with van der Waals surface area (Å²) in [5.41, 5.74) is -5.97. The molecule has 0 aliphatic heterocycles. The van der Waals surface area contributed by atoms with Gasteiger partial charge in [-0.1, -0.05) is 146 Å². The molecule has 7 aliphatic carbocycles. The third-order valence-corrected chi connectivity index (χ3v) is 16.5. The molecule has 63 heavy (non-hydrogen) atoms. The first-order chi connectivity index (χ1) is 38.9. The Bertz CT molecular complexity index is 3770. The largest absolute Gasteiger partial charge is 0.310 e. The zero-order chi connectivity index (χ0) is 61.5. The number of fused-ring (bicyclic) bond motifs is 5. The average molecular weight is 847 g/mol. The van der Waals surface area contributed by atoms with Gasteiger partial charge >= 0.3 is 0 Å². The van der Waals surface area contributed by atoms with Crippen LogP contribution in [0.4, 0.5) is 17.1 Å². The van der Waals surface area contributed by atoms with E-state index in [1.165, 1.54) is 0 Å². The highest BCUT2D eigenvalue weighted by Crippen LogP contribution is 2.69. The van der Waals surface area contributed by atoms with Crippen molar-refractivity contribution >= 4 is 17.1 Å². The zero-order valence-corrected chi connectivity index (χ0v) is 37.6. The highest BCUT2D eigenvalue weighted by Gasteiger charge is 2.61. The Morgan fingerprint density at radius 2 is 0.794 bits per heavy atom. The number of benzene rings is 6. The fourth-order valence-corrected chi connectivity index (χ4v) is 12.9. The first kappa shape index (κ1) is 23.3. The van der Waals surface area contributed by atoms with Crippen molar-refractivity contribution in [3.05, 3.63) is 160 Å². The van der Waals surface area contributed by atoms with Gasteiger partial charge in [0, 0.05) is 22.5 Å². The molecule has 1 nitrogen and oxygen atoms in total. The van der Waals surface area contributed by atoms with Crippen LogP contribution in [0, 0.1) is 23.7 Å². The van der Waals surface area contributed by atoms with Crippen molar-refractivity contribution in [3.8, 4) is 33.4 Å². The number of nitrogens with zero attached hydrogens (tertiary/aromatic N) is 1. The van der Waals surface area contributed by atoms with Crippen LogP contribution in [0.25, 0.3) is 33.4 Å². The minimum Gasteiger partial charge on any atom is -0.310 e. The Morgan fingerprint density at radius 3 is 1.29 bits per heavy atom. The van der Waals surface area contributed by atoms with Crippen LogP contribution in [0.1, 0.15) is 175 Å². The summed E-state index contributed by atoms with van der Waals surface area (Å²) in [6.07, 6.45) is 5.95. The van der Waals surface area contributed by atoms with E-state index in [1.807, 2.05) is 55.4 Å². The molecular formula is C62H67N. The maximum Gasteiger partial charge on any atom is 0.0648 e. The molecule has 7 aliphatic rings. The first-order valence-electron chi connectivity index (χ1n) is 33.5. The highest BCUT2D eigenvalue weighted by atomic mass is 15.1. The Morgan fingerprint density at radius 1 is 0.381 bits per heavy atom. The van der Waals surface area contributed by atoms with Gasteiger partial charge in [-0.3, -0.25) is 0 Å². The molecular weight excluding hydrogens is 759 g/mol. The number of rotatable bonds is 5. The molecule has 0 radical (unpaired) electrons. The van der Waals surface area contributed by atoms with E-state index in [9.17, 15) is 26.0 Å². The van der Waals surface area contributed by atoms with Crippen molar-refractivity contribution in [2.75, 3.05) is 4.90 Å². The van der Waals surface area contributed by atoms with Crippen molar-refractivity contribution < 1.29 is 28.8 Å². The molecule has 4 bridgehead atoms. The van der Waals surface area contributed by atoms with Gasteiger partial charge in [-0.2, -0.15) is 0 Å². The van der Waals surface area contributed by atoms with Gasteiger partial charge in [0.05, 0.1) is 28.8 Å². The highest BCUT2D eigenvalue weighted by molar-refractivity contribution is 5.87. The maximum absolute atomic E-state index is 10.7. The summed E-state index contributed by atoms with van der Waals surface area (Å²) in [6, 6.07) is -13.0. The second-order valence-corrected chi connectivity index (χ2v) is 22.2. The van der Waals surface area contributed by atoms with E-state index in [1.54, 1.807) is 0 Å². The first-order valence-corrected chi connectivity index (χ1v) is 23.0. The van der Waals surface area contributed by atoms with E-state index < -0.39 is 152 Å². The minimum absolute atomic E-state index is 0.0127. The molecule has 0 atom stereocenters. The fourth-order valence-electron chi connectivity index (χ4n) is 12.9. The molecule has 0 saturated heterocycles. The van der Waals surface area contributed by atoms with Gasteiger partial charge in [0.25, 0.3) is 0 Å². The Hall–Kier alpha value is -4.88. The molecule has 0 N–H and O–H groups in total. The van der Waals surface area contributed by atoms with Crippen LogP contribution < -0.4 is 4.90 Å². The lowest BCUT2D eigenvalue weighted by molar-refractivity contribution is -0.0399. The van der Waals surface area contributed by atoms with Crippen LogP contribution in [-0.2, 0) is 27.1 Å². The molecule has 0 unspecified atom stereocenters. The predicted molar refractivity (Wildman–Crippen MR) is 266 cm³/mol. The summed E-state index contributed by atoms with van der Waals surface area (Å²) in [4.78, 5) is 0.787. The smallest absolute Gasteiger partial charge is 0.0648 e. The summed E-state index contributed by atoms with van der Waals surface area (Å²) in [7, 11) is 0. The summed E-state index contributed by atoms with van der Waals surface area (Å²) in [6.45, 7) is 15.3. The van der Waals surface area contributed by atoms with Crippen LogP contribution in [0.15, 0.2) is 127 Å². The monoisotopic (exact) mass is 847 g/mol. The van der Waals surface area contributed by atoms with Gasteiger partial charge in [0.2, 0.25) is 0 Å². The summed E-state index contributed by atoms with van der Waals surface area (Å²) < 4.78 is 205. The van der Waals surface area contributed by atoms with Crippen molar-refractivity contribution in [2.24, 2.45) is 23.7 Å². The summed E-state index contributed by atoms with van der Waals surface area (Å²) in [5, 5.41) is 0. The molecule has 6 aromatic carbocycles. The minimum atomic E-state index is -1.34. The van der Waals surface area contributed by atoms with Crippen LogP contribution in [0.3, 0.4) is 0 Å². The van der Waals surface area contributed by atoms with Crippen LogP contribution in [0.2, 0.25) is 0 Å². The van der Waals surface area contributed by atoms with Gasteiger partial charge < -0.3 is 4.90 Å². The maximum atomic E-state index is 10.7. The molecule has 4 saturated carbocycles. The van der Waals surface area contributed by atoms with Gasteiger partial charge in [-0.15, -0.1) is 0 Å². The van der Waals surface area contributed by atoms with Crippen molar-refractivity contribution in [3.63, 3.8) is 0 Å². The third-order valence-electron chi connectivity index (χ3n) is 16.5. The Balaban J connectivity index is 1.21. The zero-order valence-electron chi connectivity index (χ0n) is 58.6. The lowest BCUT2D eigenvalue weighted by Crippen LogP contribution is -2.55. The lowest BCUT2D eigenvalue weighted by atomic mass is 9.43. The van der Waals surface area contributed by atoms with Crippen LogP contribution in [0.5, 0.6) is 0 Å². The number of hydrogen-bond acceptors (Lipinski definition) is 1. The van der Waals surface area contributed by atoms with Crippen molar-refractivity contribution in [2.45, 2.75) is 140 Å². The Labute approximate surface area is 407 Å². The summed E-state index contributed by atoms with van der Waals surface area (Å²) >= 11 is 0. The van der Waals surface area contributed by atoms with Crippen molar-refractivity contribution in [1.29, 1.82) is 0 Å². The molecule has 0 amide bonds. The second-order valence-electron chi connectivity index (χ2n) is 22.2. The average Bonchev–Trinajstić information content (AvgIpc) is 1.84. The quantitative estimate of drug-likeness (QED) is 0.167. The van der Waals surface area contributed by atoms with E-state index in [0.29, 0.717) is 73.6 Å². The Kier molecular flexibility index (Phi) is 5.03. The van der Waals surface area contributed by atoms with E-state index in [-0.39, 0.29) is 87.3 Å². The molecule has 320 valence electrons. The van der Waals surface area contributed by atoms with Gasteiger partial charge in [-0.25, -0.2) is 0 Å². The molecule has 1 spiro atoms. The van der Waals surface area contributed by atoms with E-state index in [0.717, 1.165) is 11.3 Å². The molecule has 4 fully saturated rings. The van der Waals surface area contributed by atoms with Crippen LogP contribution >= 0.6 is 0 Å². The molecule has 13 rings (SSSR count). The van der Waals surface area contributed by atoms with E-state index >= 15 is 0 Å². The second kappa shape index (κ2) is 13.6. The standard InChI is InChI=1S/C62H67N/c1-58(2)27-29-60(5,6)56-36-43(17-25-53(56)58)41-13-19-47(20-14-41)63(48-21-15-42(16-22-48)44-18-26-54-57(37-44)61(7,8)30-28-59(54,3)4)49-23-24-51-50-11-9-10-12-52(50)62(55(51)38-49)45-32-39-31-40(34-45)35-46(62)33-39/h9-26,36-40,45-46H,27-35H2,1-8H3/i9D,10D,11D,12D,13D,14D,15D,16D,17D,18D,19D,20D,21D,22D,23D,24D,25D,26D,36D,37D,38D. The van der Waals surface area contributed by atoms with Gasteiger partial charge in [-0.05, 0) is 206 Å². The topological polar surface area (TPSA) is 3.24 Å². The van der Waals surface area contributed by atoms with Crippen molar-refractivity contribution in [1.82, 2.24) is 0 Å². The fraction of sp³-hybridized carbons (Fsp3) is 0.419. The molecule has 0 aromatic heterocycles. The molecule has 1 heteroatoms.